The topological polar surface area (TPSA) is 32.3 Å². The fourth-order valence-corrected chi connectivity index (χ4v) is 3.12. The maximum absolute atomic E-state index is 10.2. The highest BCUT2D eigenvalue weighted by Crippen LogP contribution is 2.29. The monoisotopic (exact) mass is 247 g/mol. The summed E-state index contributed by atoms with van der Waals surface area (Å²) in [4.78, 5) is 0. The Bertz CT molecular complexity index is 341. The minimum Gasteiger partial charge on any atom is -0.387 e. The van der Waals surface area contributed by atoms with Crippen molar-refractivity contribution in [1.82, 2.24) is 5.32 Å². The zero-order valence-electron chi connectivity index (χ0n) is 11.5. The lowest BCUT2D eigenvalue weighted by atomic mass is 9.78. The van der Waals surface area contributed by atoms with Gasteiger partial charge >= 0.3 is 0 Å². The van der Waals surface area contributed by atoms with Gasteiger partial charge in [-0.05, 0) is 30.2 Å². The van der Waals surface area contributed by atoms with Crippen LogP contribution in [0.2, 0.25) is 0 Å². The molecule has 0 spiro atoms. The highest BCUT2D eigenvalue weighted by molar-refractivity contribution is 5.17. The molecule has 2 rings (SSSR count). The molecule has 3 unspecified atom stereocenters. The molecule has 1 aromatic carbocycles. The highest BCUT2D eigenvalue weighted by atomic mass is 16.3. The zero-order chi connectivity index (χ0) is 13.0. The molecule has 1 fully saturated rings. The molecule has 100 valence electrons. The van der Waals surface area contributed by atoms with Gasteiger partial charge in [0.25, 0.3) is 0 Å². The van der Waals surface area contributed by atoms with Crippen molar-refractivity contribution in [1.29, 1.82) is 0 Å². The molecule has 1 saturated carbocycles. The summed E-state index contributed by atoms with van der Waals surface area (Å²) in [6.45, 7) is 5.30. The lowest BCUT2D eigenvalue weighted by Gasteiger charge is -2.36. The van der Waals surface area contributed by atoms with Crippen LogP contribution in [0.5, 0.6) is 0 Å². The molecule has 0 radical (unpaired) electrons. The molecule has 3 atom stereocenters. The third kappa shape index (κ3) is 3.33. The van der Waals surface area contributed by atoms with Crippen LogP contribution >= 0.6 is 0 Å². The van der Waals surface area contributed by atoms with Crippen molar-refractivity contribution in [2.24, 2.45) is 11.8 Å². The van der Waals surface area contributed by atoms with Crippen LogP contribution in [0.4, 0.5) is 0 Å². The fourth-order valence-electron chi connectivity index (χ4n) is 3.12. The van der Waals surface area contributed by atoms with Gasteiger partial charge in [0, 0.05) is 12.6 Å². The first kappa shape index (κ1) is 13.6. The Morgan fingerprint density at radius 2 is 1.78 bits per heavy atom. The SMILES string of the molecule is CC1CCCC(C)C1NCC(O)c1ccccc1. The second-order valence-corrected chi connectivity index (χ2v) is 5.75. The van der Waals surface area contributed by atoms with Crippen molar-refractivity contribution < 1.29 is 5.11 Å². The molecule has 0 bridgehead atoms. The number of rotatable bonds is 4. The smallest absolute Gasteiger partial charge is 0.0914 e. The standard InChI is InChI=1S/C16H25NO/c1-12-7-6-8-13(2)16(12)17-11-15(18)14-9-4-3-5-10-14/h3-5,9-10,12-13,15-18H,6-8,11H2,1-2H3. The number of aliphatic hydroxyl groups excluding tert-OH is 1. The molecule has 1 aromatic rings. The average molecular weight is 247 g/mol. The minimum absolute atomic E-state index is 0.396. The summed E-state index contributed by atoms with van der Waals surface area (Å²) in [5, 5.41) is 13.7. The van der Waals surface area contributed by atoms with Crippen LogP contribution in [0.15, 0.2) is 30.3 Å². The van der Waals surface area contributed by atoms with Gasteiger partial charge in [0.05, 0.1) is 6.10 Å². The number of benzene rings is 1. The number of hydrogen-bond donors (Lipinski definition) is 2. The minimum atomic E-state index is -0.396. The summed E-state index contributed by atoms with van der Waals surface area (Å²) in [5.41, 5.74) is 1.00. The number of nitrogens with one attached hydrogen (secondary N) is 1. The van der Waals surface area contributed by atoms with Crippen LogP contribution in [0, 0.1) is 11.8 Å². The summed E-state index contributed by atoms with van der Waals surface area (Å²) in [6, 6.07) is 10.5. The lowest BCUT2D eigenvalue weighted by molar-refractivity contribution is 0.142. The van der Waals surface area contributed by atoms with Crippen LogP contribution in [0.1, 0.15) is 44.8 Å². The number of hydrogen-bond acceptors (Lipinski definition) is 2. The van der Waals surface area contributed by atoms with Crippen molar-refractivity contribution in [2.75, 3.05) is 6.54 Å². The highest BCUT2D eigenvalue weighted by Gasteiger charge is 2.27. The molecule has 2 N–H and O–H groups in total. The van der Waals surface area contributed by atoms with Crippen molar-refractivity contribution in [3.05, 3.63) is 35.9 Å². The molecule has 0 saturated heterocycles. The van der Waals surface area contributed by atoms with Crippen molar-refractivity contribution in [3.8, 4) is 0 Å². The Balaban J connectivity index is 1.87. The van der Waals surface area contributed by atoms with Gasteiger partial charge in [-0.1, -0.05) is 50.6 Å². The third-order valence-corrected chi connectivity index (χ3v) is 4.28. The molecule has 0 amide bonds. The molecule has 1 aliphatic carbocycles. The Morgan fingerprint density at radius 1 is 1.17 bits per heavy atom. The third-order valence-electron chi connectivity index (χ3n) is 4.28. The summed E-state index contributed by atoms with van der Waals surface area (Å²) in [5.74, 6) is 1.44. The second kappa shape index (κ2) is 6.35. The predicted molar refractivity (Wildman–Crippen MR) is 75.4 cm³/mol. The summed E-state index contributed by atoms with van der Waals surface area (Å²) >= 11 is 0. The Morgan fingerprint density at radius 3 is 2.39 bits per heavy atom. The van der Waals surface area contributed by atoms with Crippen molar-refractivity contribution >= 4 is 0 Å². The largest absolute Gasteiger partial charge is 0.387 e. The zero-order valence-corrected chi connectivity index (χ0v) is 11.5. The molecule has 0 aromatic heterocycles. The van der Waals surface area contributed by atoms with Gasteiger partial charge in [0.15, 0.2) is 0 Å². The first-order valence-corrected chi connectivity index (χ1v) is 7.15. The second-order valence-electron chi connectivity index (χ2n) is 5.75. The van der Waals surface area contributed by atoms with Crippen LogP contribution in [0.25, 0.3) is 0 Å². The summed E-state index contributed by atoms with van der Waals surface area (Å²) in [7, 11) is 0. The van der Waals surface area contributed by atoms with Crippen LogP contribution < -0.4 is 5.32 Å². The molecular weight excluding hydrogens is 222 g/mol. The predicted octanol–water partition coefficient (Wildman–Crippen LogP) is 3.13. The van der Waals surface area contributed by atoms with Gasteiger partial charge in [-0.25, -0.2) is 0 Å². The van der Waals surface area contributed by atoms with Crippen LogP contribution in [-0.4, -0.2) is 17.7 Å². The normalized spacial score (nSPS) is 30.1. The summed E-state index contributed by atoms with van der Waals surface area (Å²) < 4.78 is 0. The van der Waals surface area contributed by atoms with Crippen LogP contribution in [0.3, 0.4) is 0 Å². The van der Waals surface area contributed by atoms with E-state index in [1.165, 1.54) is 19.3 Å². The first-order valence-electron chi connectivity index (χ1n) is 7.15. The quantitative estimate of drug-likeness (QED) is 0.856. The van der Waals surface area contributed by atoms with E-state index < -0.39 is 6.10 Å². The summed E-state index contributed by atoms with van der Waals surface area (Å²) in [6.07, 6.45) is 3.57. The molecular formula is C16H25NO. The molecule has 0 aliphatic heterocycles. The van der Waals surface area contributed by atoms with Gasteiger partial charge < -0.3 is 10.4 Å². The Labute approximate surface area is 110 Å². The van der Waals surface area contributed by atoms with E-state index in [9.17, 15) is 5.11 Å². The lowest BCUT2D eigenvalue weighted by Crippen LogP contribution is -2.44. The van der Waals surface area contributed by atoms with Crippen molar-refractivity contribution in [3.63, 3.8) is 0 Å². The van der Waals surface area contributed by atoms with Gasteiger partial charge in [-0.15, -0.1) is 0 Å². The van der Waals surface area contributed by atoms with E-state index in [4.69, 9.17) is 0 Å². The molecule has 2 heteroatoms. The fraction of sp³-hybridized carbons (Fsp3) is 0.625. The van der Waals surface area contributed by atoms with E-state index in [1.54, 1.807) is 0 Å². The first-order chi connectivity index (χ1) is 8.68. The van der Waals surface area contributed by atoms with E-state index in [0.717, 1.165) is 17.4 Å². The average Bonchev–Trinajstić information content (AvgIpc) is 2.39. The van der Waals surface area contributed by atoms with E-state index in [-0.39, 0.29) is 0 Å². The van der Waals surface area contributed by atoms with Gasteiger partial charge in [0.2, 0.25) is 0 Å². The van der Waals surface area contributed by atoms with Crippen molar-refractivity contribution in [2.45, 2.75) is 45.3 Å². The van der Waals surface area contributed by atoms with Gasteiger partial charge in [0.1, 0.15) is 0 Å². The Kier molecular flexibility index (Phi) is 4.79. The van der Waals surface area contributed by atoms with E-state index in [0.29, 0.717) is 12.6 Å². The molecule has 2 nitrogen and oxygen atoms in total. The maximum atomic E-state index is 10.2. The molecule has 0 heterocycles. The van der Waals surface area contributed by atoms with E-state index in [2.05, 4.69) is 19.2 Å². The molecule has 18 heavy (non-hydrogen) atoms. The number of aliphatic hydroxyl groups is 1. The van der Waals surface area contributed by atoms with Gasteiger partial charge in [-0.3, -0.25) is 0 Å². The van der Waals surface area contributed by atoms with E-state index >= 15 is 0 Å². The Hall–Kier alpha value is -0.860. The van der Waals surface area contributed by atoms with E-state index in [1.807, 2.05) is 30.3 Å². The maximum Gasteiger partial charge on any atom is 0.0914 e. The van der Waals surface area contributed by atoms with Crippen LogP contribution in [-0.2, 0) is 0 Å². The van der Waals surface area contributed by atoms with Gasteiger partial charge in [-0.2, -0.15) is 0 Å². The molecule has 1 aliphatic rings.